The van der Waals surface area contributed by atoms with Gasteiger partial charge in [-0.2, -0.15) is 11.8 Å². The lowest BCUT2D eigenvalue weighted by atomic mass is 9.99. The monoisotopic (exact) mass is 1160 g/mol. The normalized spacial score (nSPS) is 14.0. The number of thioether (sulfide) groups is 1. The largest absolute Gasteiger partial charge is 0.508 e. The number of carbonyl (C=O) groups excluding carboxylic acids is 9. The molecule has 0 aliphatic heterocycles. The number of aliphatic hydroxyl groups is 1. The molecule has 0 saturated heterocycles. The van der Waals surface area contributed by atoms with Crippen LogP contribution < -0.4 is 70.8 Å². The fraction of sp³-hybridized carbons (Fsp3) is 0.608. The molecule has 29 nitrogen and oxygen atoms in total. The molecule has 0 fully saturated rings. The molecule has 2 aromatic rings. The van der Waals surface area contributed by atoms with Gasteiger partial charge in [-0.1, -0.05) is 39.8 Å². The molecule has 0 aliphatic carbocycles. The number of phenolic OH excluding ortho intramolecular Hbond substituents is 1. The Labute approximate surface area is 475 Å². The van der Waals surface area contributed by atoms with Crippen LogP contribution in [0.25, 0.3) is 0 Å². The summed E-state index contributed by atoms with van der Waals surface area (Å²) in [6, 6.07) is -4.33. The Bertz CT molecular complexity index is 2370. The topological polar surface area (TPSA) is 485 Å². The van der Waals surface area contributed by atoms with Crippen LogP contribution in [0.2, 0.25) is 0 Å². The molecule has 1 heterocycles. The predicted octanol–water partition coefficient (Wildman–Crippen LogP) is -4.04. The van der Waals surface area contributed by atoms with Crippen LogP contribution in [-0.2, 0) is 60.8 Å². The Morgan fingerprint density at radius 2 is 1.12 bits per heavy atom. The van der Waals surface area contributed by atoms with E-state index < -0.39 is 127 Å². The van der Waals surface area contributed by atoms with Crippen LogP contribution in [0.4, 0.5) is 0 Å². The van der Waals surface area contributed by atoms with Gasteiger partial charge in [0, 0.05) is 24.9 Å². The van der Waals surface area contributed by atoms with Crippen LogP contribution in [0.15, 0.2) is 41.8 Å². The maximum Gasteiger partial charge on any atom is 0.326 e. The Balaban J connectivity index is 2.19. The fourth-order valence-corrected chi connectivity index (χ4v) is 8.34. The summed E-state index contributed by atoms with van der Waals surface area (Å²) in [6.45, 7) is 5.45. The van der Waals surface area contributed by atoms with Crippen molar-refractivity contribution in [2.45, 2.75) is 140 Å². The van der Waals surface area contributed by atoms with Crippen LogP contribution in [0.1, 0.15) is 90.3 Å². The van der Waals surface area contributed by atoms with Gasteiger partial charge in [0.05, 0.1) is 32.1 Å². The Morgan fingerprint density at radius 1 is 0.630 bits per heavy atom. The van der Waals surface area contributed by atoms with E-state index in [9.17, 15) is 63.3 Å². The number of unbranched alkanes of at least 4 members (excludes halogenated alkanes) is 1. The molecule has 2 rings (SSSR count). The van der Waals surface area contributed by atoms with Gasteiger partial charge >= 0.3 is 5.97 Å². The number of carboxylic acids is 1. The summed E-state index contributed by atoms with van der Waals surface area (Å²) in [5, 5.41) is 52.1. The molecule has 0 saturated carbocycles. The summed E-state index contributed by atoms with van der Waals surface area (Å²) < 4.78 is 0. The first kappa shape index (κ1) is 69.5. The molecule has 1 aromatic carbocycles. The van der Waals surface area contributed by atoms with E-state index in [-0.39, 0.29) is 88.0 Å². The van der Waals surface area contributed by atoms with Crippen molar-refractivity contribution in [2.24, 2.45) is 39.8 Å². The number of aliphatic hydroxyl groups excluding tert-OH is 1. The number of nitrogens with zero attached hydrogens (tertiary/aromatic N) is 2. The molecule has 0 unspecified atom stereocenters. The highest BCUT2D eigenvalue weighted by Crippen LogP contribution is 2.13. The maximum absolute atomic E-state index is 14.0. The van der Waals surface area contributed by atoms with Gasteiger partial charge in [0.15, 0.2) is 5.96 Å². The zero-order valence-electron chi connectivity index (χ0n) is 46.6. The number of nitrogens with one attached hydrogen (secondary N) is 10. The number of rotatable bonds is 39. The molecule has 8 atom stereocenters. The van der Waals surface area contributed by atoms with Gasteiger partial charge < -0.3 is 91.1 Å². The minimum Gasteiger partial charge on any atom is -0.508 e. The molecule has 0 radical (unpaired) electrons. The van der Waals surface area contributed by atoms with E-state index in [0.717, 1.165) is 0 Å². The highest BCUT2D eigenvalue weighted by atomic mass is 32.2. The number of aromatic amines is 1. The number of carbonyl (C=O) groups is 10. The second-order valence-corrected chi connectivity index (χ2v) is 21.0. The second kappa shape index (κ2) is 37.4. The third-order valence-electron chi connectivity index (χ3n) is 12.1. The number of aromatic hydroxyl groups is 1. The lowest BCUT2D eigenvalue weighted by Crippen LogP contribution is -2.59. The van der Waals surface area contributed by atoms with E-state index in [2.05, 4.69) is 62.8 Å². The summed E-state index contributed by atoms with van der Waals surface area (Å²) in [5.74, 6) is -8.60. The van der Waals surface area contributed by atoms with Crippen molar-refractivity contribution in [1.29, 1.82) is 0 Å². The summed E-state index contributed by atoms with van der Waals surface area (Å²) in [4.78, 5) is 144. The lowest BCUT2D eigenvalue weighted by molar-refractivity contribution is -0.142. The van der Waals surface area contributed by atoms with Crippen LogP contribution in [0, 0.1) is 11.8 Å². The molecule has 0 bridgehead atoms. The fourth-order valence-electron chi connectivity index (χ4n) is 7.87. The number of phenols is 1. The third-order valence-corrected chi connectivity index (χ3v) is 12.7. The number of imidazole rings is 1. The molecule has 30 heteroatoms. The highest BCUT2D eigenvalue weighted by Gasteiger charge is 2.33. The minimum absolute atomic E-state index is 0.00101. The zero-order chi connectivity index (χ0) is 60.6. The zero-order valence-corrected chi connectivity index (χ0v) is 47.4. The number of H-pyrrole nitrogens is 1. The lowest BCUT2D eigenvalue weighted by Gasteiger charge is -2.27. The number of aliphatic imine (C=N–C) groups is 1. The van der Waals surface area contributed by atoms with Gasteiger partial charge in [0.2, 0.25) is 53.2 Å². The molecule has 21 N–H and O–H groups in total. The first-order valence-electron chi connectivity index (χ1n) is 26.6. The van der Waals surface area contributed by atoms with Gasteiger partial charge in [0.1, 0.15) is 48.0 Å². The molecule has 452 valence electrons. The van der Waals surface area contributed by atoms with E-state index >= 15 is 0 Å². The maximum atomic E-state index is 14.0. The minimum atomic E-state index is -1.55. The number of aliphatic carboxylic acids is 1. The van der Waals surface area contributed by atoms with Crippen LogP contribution in [-0.4, -0.2) is 184 Å². The summed E-state index contributed by atoms with van der Waals surface area (Å²) >= 11 is 1.38. The Morgan fingerprint density at radius 3 is 1.65 bits per heavy atom. The van der Waals surface area contributed by atoms with Crippen LogP contribution in [0.3, 0.4) is 0 Å². The van der Waals surface area contributed by atoms with Crippen LogP contribution in [0.5, 0.6) is 5.75 Å². The average molecular weight is 1160 g/mol. The van der Waals surface area contributed by atoms with Gasteiger partial charge in [-0.15, -0.1) is 0 Å². The molecule has 1 aromatic heterocycles. The number of aromatic nitrogens is 2. The van der Waals surface area contributed by atoms with Crippen molar-refractivity contribution in [3.05, 3.63) is 48.0 Å². The first-order valence-corrected chi connectivity index (χ1v) is 28.0. The SMILES string of the molecule is CSCC[C@H](NC(=O)CNC(=O)[C@H](CCCCN)NC(=O)[C@H](Cc1cnc[nH]1)NC(=O)[C@H](CO)NC(=O)[C@@H](N)Cc1ccc(O)cc1)C(=O)N[C@@H](CC(C)C)C(=O)N[C@@H](CC(C)C)C(=O)NCC(=O)N[C@@H](CCCN=C(N)N)C(=O)O. The standard InChI is InChI=1S/C51H84N16O13S/c1-28(2)19-37(45(74)59-25-42(71)62-36(50(79)80)10-8-17-57-51(54)55)64-47(76)38(20-29(3)4)65-46(75)35(15-18-81-5)61-41(70)24-58-44(73)34(9-6-7-16-52)63-48(77)39(22-31-23-56-27-60-31)66-49(78)40(26-68)67-43(72)33(53)21-30-11-13-32(69)14-12-30/h11-14,23,27-29,33-40,68-69H,6-10,15-22,24-26,52-53H2,1-5H3,(H,56,60)(H,58,73)(H,59,74)(H,61,70)(H,62,71)(H,63,77)(H,64,76)(H,65,75)(H,66,78)(H,67,72)(H,79,80)(H4,54,55,57)/t33-,34-,35-,36-,37-,38-,39-,40-/m0/s1. The highest BCUT2D eigenvalue weighted by molar-refractivity contribution is 7.98. The molecule has 0 aliphatic rings. The third kappa shape index (κ3) is 27.9. The first-order chi connectivity index (χ1) is 38.4. The molecule has 0 spiro atoms. The van der Waals surface area contributed by atoms with E-state index in [1.54, 1.807) is 46.1 Å². The Hall–Kier alpha value is -7.57. The van der Waals surface area contributed by atoms with Gasteiger partial charge in [-0.25, -0.2) is 9.78 Å². The summed E-state index contributed by atoms with van der Waals surface area (Å²) in [7, 11) is 0. The van der Waals surface area contributed by atoms with E-state index in [1.807, 2.05) is 0 Å². The van der Waals surface area contributed by atoms with E-state index in [4.69, 9.17) is 22.9 Å². The van der Waals surface area contributed by atoms with E-state index in [1.165, 1.54) is 36.4 Å². The van der Waals surface area contributed by atoms with Crippen molar-refractivity contribution in [3.63, 3.8) is 0 Å². The van der Waals surface area contributed by atoms with Gasteiger partial charge in [-0.3, -0.25) is 48.1 Å². The van der Waals surface area contributed by atoms with Crippen molar-refractivity contribution in [1.82, 2.24) is 57.8 Å². The average Bonchev–Trinajstić information content (AvgIpc) is 3.95. The number of benzene rings is 1. The number of guanidine groups is 1. The number of carboxylic acid groups (broad SMARTS) is 1. The van der Waals surface area contributed by atoms with Gasteiger partial charge in [0.25, 0.3) is 0 Å². The molecule has 9 amide bonds. The van der Waals surface area contributed by atoms with Crippen LogP contribution >= 0.6 is 11.8 Å². The smallest absolute Gasteiger partial charge is 0.326 e. The van der Waals surface area contributed by atoms with Crippen molar-refractivity contribution in [2.75, 3.05) is 44.8 Å². The number of amides is 9. The summed E-state index contributed by atoms with van der Waals surface area (Å²) in [6.07, 6.45) is 5.79. The van der Waals surface area contributed by atoms with Gasteiger partial charge in [-0.05, 0) is 106 Å². The quantitative estimate of drug-likeness (QED) is 0.0172. The van der Waals surface area contributed by atoms with Crippen molar-refractivity contribution in [3.8, 4) is 5.75 Å². The number of nitrogens with two attached hydrogens (primary N) is 4. The molecular formula is C51H84N16O13S. The Kier molecular flexibility index (Phi) is 32.1. The van der Waals surface area contributed by atoms with Crippen molar-refractivity contribution >= 4 is 76.9 Å². The predicted molar refractivity (Wildman–Crippen MR) is 301 cm³/mol. The molecule has 81 heavy (non-hydrogen) atoms. The number of hydrogen-bond acceptors (Lipinski definition) is 17. The molecular weight excluding hydrogens is 1080 g/mol. The number of hydrogen-bond donors (Lipinski definition) is 17. The van der Waals surface area contributed by atoms with Crippen molar-refractivity contribution < 1.29 is 63.3 Å². The van der Waals surface area contributed by atoms with E-state index in [0.29, 0.717) is 29.9 Å². The summed E-state index contributed by atoms with van der Waals surface area (Å²) in [5.41, 5.74) is 23.4. The second-order valence-electron chi connectivity index (χ2n) is 20.0.